The van der Waals surface area contributed by atoms with E-state index in [1.165, 1.54) is 4.90 Å². The van der Waals surface area contributed by atoms with Gasteiger partial charge in [0.15, 0.2) is 0 Å². The lowest BCUT2D eigenvalue weighted by Gasteiger charge is -2.34. The highest BCUT2D eigenvalue weighted by atomic mass is 16.5. The van der Waals surface area contributed by atoms with Crippen molar-refractivity contribution >= 4 is 11.9 Å². The Bertz CT molecular complexity index is 788. The number of ether oxygens (including phenoxy) is 2. The predicted molar refractivity (Wildman–Crippen MR) is 109 cm³/mol. The normalized spacial score (nSPS) is 30.1. The zero-order valence-electron chi connectivity index (χ0n) is 17.6. The first-order valence-electron chi connectivity index (χ1n) is 10.6. The second-order valence-corrected chi connectivity index (χ2v) is 8.65. The third-order valence-electron chi connectivity index (χ3n) is 6.86. The van der Waals surface area contributed by atoms with E-state index in [1.807, 2.05) is 18.2 Å². The van der Waals surface area contributed by atoms with E-state index in [0.717, 1.165) is 62.1 Å². The van der Waals surface area contributed by atoms with Crippen LogP contribution in [-0.4, -0.2) is 54.7 Å². The molecular weight excluding hydrogens is 370 g/mol. The maximum atomic E-state index is 13.2. The zero-order chi connectivity index (χ0) is 20.6. The standard InChI is InChI=1S/C22H31N3O4/c1-15-8-10-22(11-9-15)20(26)25(21(27)23-22)14-24-12-4-5-18(24)17-13-16(28-2)6-7-19(17)29-3/h6-7,13,15,18H,4-5,8-12,14H2,1-3H3,(H,23,27)/t15?,18-,22?/m1/s1. The second-order valence-electron chi connectivity index (χ2n) is 8.65. The number of hydrogen-bond acceptors (Lipinski definition) is 5. The number of methoxy groups -OCH3 is 2. The Morgan fingerprint density at radius 2 is 1.90 bits per heavy atom. The molecule has 29 heavy (non-hydrogen) atoms. The number of nitrogens with one attached hydrogen (secondary N) is 1. The number of carbonyl (C=O) groups excluding carboxylic acids is 2. The third-order valence-corrected chi connectivity index (χ3v) is 6.86. The van der Waals surface area contributed by atoms with Gasteiger partial charge >= 0.3 is 6.03 Å². The summed E-state index contributed by atoms with van der Waals surface area (Å²) in [5, 5.41) is 3.03. The molecule has 7 nitrogen and oxygen atoms in total. The van der Waals surface area contributed by atoms with Gasteiger partial charge in [0, 0.05) is 18.2 Å². The highest BCUT2D eigenvalue weighted by molar-refractivity contribution is 6.07. The largest absolute Gasteiger partial charge is 0.497 e. The Morgan fingerprint density at radius 1 is 1.14 bits per heavy atom. The maximum absolute atomic E-state index is 13.2. The Kier molecular flexibility index (Phi) is 5.42. The van der Waals surface area contributed by atoms with Crippen molar-refractivity contribution in [2.45, 2.75) is 57.0 Å². The lowest BCUT2D eigenvalue weighted by Crippen LogP contribution is -2.50. The van der Waals surface area contributed by atoms with Crippen LogP contribution in [0.4, 0.5) is 4.79 Å². The molecule has 3 amide bonds. The van der Waals surface area contributed by atoms with Crippen LogP contribution in [0.25, 0.3) is 0 Å². The van der Waals surface area contributed by atoms with E-state index in [9.17, 15) is 9.59 Å². The Hall–Kier alpha value is -2.28. The molecule has 0 unspecified atom stereocenters. The van der Waals surface area contributed by atoms with Crippen LogP contribution in [0.15, 0.2) is 18.2 Å². The van der Waals surface area contributed by atoms with E-state index in [0.29, 0.717) is 12.6 Å². The Labute approximate surface area is 172 Å². The molecule has 3 aliphatic rings. The van der Waals surface area contributed by atoms with Crippen LogP contribution in [0.5, 0.6) is 11.5 Å². The van der Waals surface area contributed by atoms with Gasteiger partial charge < -0.3 is 14.8 Å². The highest BCUT2D eigenvalue weighted by Crippen LogP contribution is 2.40. The van der Waals surface area contributed by atoms with Crippen molar-refractivity contribution in [2.24, 2.45) is 5.92 Å². The van der Waals surface area contributed by atoms with Crippen molar-refractivity contribution in [3.63, 3.8) is 0 Å². The zero-order valence-corrected chi connectivity index (χ0v) is 17.6. The monoisotopic (exact) mass is 401 g/mol. The molecule has 7 heteroatoms. The molecule has 0 radical (unpaired) electrons. The van der Waals surface area contributed by atoms with E-state index in [1.54, 1.807) is 14.2 Å². The van der Waals surface area contributed by atoms with E-state index >= 15 is 0 Å². The van der Waals surface area contributed by atoms with Gasteiger partial charge in [-0.1, -0.05) is 6.92 Å². The first-order valence-corrected chi connectivity index (χ1v) is 10.6. The fraction of sp³-hybridized carbons (Fsp3) is 0.636. The number of rotatable bonds is 5. The van der Waals surface area contributed by atoms with Gasteiger partial charge in [0.1, 0.15) is 17.0 Å². The van der Waals surface area contributed by atoms with Gasteiger partial charge in [0.05, 0.1) is 20.9 Å². The van der Waals surface area contributed by atoms with Crippen LogP contribution in [-0.2, 0) is 4.79 Å². The number of hydrogen-bond donors (Lipinski definition) is 1. The van der Waals surface area contributed by atoms with Crippen LogP contribution in [0.2, 0.25) is 0 Å². The lowest BCUT2D eigenvalue weighted by atomic mass is 9.77. The first-order chi connectivity index (χ1) is 14.0. The molecule has 2 heterocycles. The molecule has 1 spiro atoms. The van der Waals surface area contributed by atoms with E-state index in [-0.39, 0.29) is 18.0 Å². The second kappa shape index (κ2) is 7.86. The summed E-state index contributed by atoms with van der Waals surface area (Å²) in [7, 11) is 3.31. The van der Waals surface area contributed by atoms with Crippen molar-refractivity contribution in [1.29, 1.82) is 0 Å². The van der Waals surface area contributed by atoms with Gasteiger partial charge in [0.2, 0.25) is 0 Å². The SMILES string of the molecule is COc1ccc(OC)c([C@H]2CCCN2CN2C(=O)NC3(CCC(C)CC3)C2=O)c1. The van der Waals surface area contributed by atoms with Gasteiger partial charge in [-0.3, -0.25) is 9.69 Å². The molecule has 1 aromatic rings. The quantitative estimate of drug-likeness (QED) is 0.767. The fourth-order valence-electron chi connectivity index (χ4n) is 5.03. The van der Waals surface area contributed by atoms with Gasteiger partial charge in [-0.05, 0) is 62.6 Å². The third kappa shape index (κ3) is 3.56. The van der Waals surface area contributed by atoms with Crippen LogP contribution in [0, 0.1) is 5.92 Å². The number of urea groups is 1. The summed E-state index contributed by atoms with van der Waals surface area (Å²) in [6, 6.07) is 5.62. The van der Waals surface area contributed by atoms with Crippen LogP contribution >= 0.6 is 0 Å². The van der Waals surface area contributed by atoms with Crippen LogP contribution in [0.3, 0.4) is 0 Å². The van der Waals surface area contributed by atoms with E-state index in [2.05, 4.69) is 17.1 Å². The summed E-state index contributed by atoms with van der Waals surface area (Å²) in [5.41, 5.74) is 0.351. The number of likely N-dealkylation sites (tertiary alicyclic amines) is 1. The summed E-state index contributed by atoms with van der Waals surface area (Å²) in [4.78, 5) is 29.6. The average molecular weight is 402 g/mol. The molecule has 1 saturated carbocycles. The molecule has 1 aliphatic carbocycles. The summed E-state index contributed by atoms with van der Waals surface area (Å²) in [6.07, 6.45) is 5.40. The number of amides is 3. The Morgan fingerprint density at radius 3 is 2.59 bits per heavy atom. The highest BCUT2D eigenvalue weighted by Gasteiger charge is 2.52. The number of benzene rings is 1. The number of nitrogens with zero attached hydrogens (tertiary/aromatic N) is 2. The van der Waals surface area contributed by atoms with Crippen LogP contribution < -0.4 is 14.8 Å². The number of imide groups is 1. The van der Waals surface area contributed by atoms with Crippen LogP contribution in [0.1, 0.15) is 57.1 Å². The van der Waals surface area contributed by atoms with Crippen molar-refractivity contribution in [2.75, 3.05) is 27.4 Å². The van der Waals surface area contributed by atoms with E-state index < -0.39 is 5.54 Å². The summed E-state index contributed by atoms with van der Waals surface area (Å²) in [5.74, 6) is 2.14. The lowest BCUT2D eigenvalue weighted by molar-refractivity contribution is -0.134. The van der Waals surface area contributed by atoms with Gasteiger partial charge in [-0.2, -0.15) is 0 Å². The first kappa shape index (κ1) is 20.0. The minimum absolute atomic E-state index is 0.0577. The minimum atomic E-state index is -0.688. The fourth-order valence-corrected chi connectivity index (χ4v) is 5.03. The molecule has 2 aliphatic heterocycles. The molecule has 3 fully saturated rings. The predicted octanol–water partition coefficient (Wildman–Crippen LogP) is 3.30. The maximum Gasteiger partial charge on any atom is 0.326 e. The summed E-state index contributed by atoms with van der Waals surface area (Å²) >= 11 is 0. The molecular formula is C22H31N3O4. The molecule has 1 aromatic carbocycles. The number of carbonyl (C=O) groups is 2. The van der Waals surface area contributed by atoms with Crippen molar-refractivity contribution in [3.05, 3.63) is 23.8 Å². The van der Waals surface area contributed by atoms with Crippen molar-refractivity contribution < 1.29 is 19.1 Å². The molecule has 0 bridgehead atoms. The van der Waals surface area contributed by atoms with Gasteiger partial charge in [-0.15, -0.1) is 0 Å². The molecule has 158 valence electrons. The summed E-state index contributed by atoms with van der Waals surface area (Å²) in [6.45, 7) is 3.36. The van der Waals surface area contributed by atoms with Gasteiger partial charge in [-0.25, -0.2) is 9.69 Å². The molecule has 1 atom stereocenters. The van der Waals surface area contributed by atoms with Gasteiger partial charge in [0.25, 0.3) is 5.91 Å². The van der Waals surface area contributed by atoms with Crippen molar-refractivity contribution in [3.8, 4) is 11.5 Å². The molecule has 4 rings (SSSR count). The Balaban J connectivity index is 1.53. The van der Waals surface area contributed by atoms with Crippen molar-refractivity contribution in [1.82, 2.24) is 15.1 Å². The smallest absolute Gasteiger partial charge is 0.326 e. The minimum Gasteiger partial charge on any atom is -0.497 e. The average Bonchev–Trinajstić information content (AvgIpc) is 3.28. The molecule has 2 saturated heterocycles. The molecule has 1 N–H and O–H groups in total. The summed E-state index contributed by atoms with van der Waals surface area (Å²) < 4.78 is 11.0. The van der Waals surface area contributed by atoms with E-state index in [4.69, 9.17) is 9.47 Å². The molecule has 0 aromatic heterocycles. The topological polar surface area (TPSA) is 71.1 Å².